The number of unbranched alkanes of at least 4 members (excludes halogenated alkanes) is 39. The maximum Gasteiger partial charge on any atom is 0.306 e. The number of allylic oxidation sites excluding steroid dienone is 2. The fourth-order valence-electron chi connectivity index (χ4n) is 8.50. The van der Waals surface area contributed by atoms with Crippen LogP contribution in [-0.2, 0) is 28.6 Å². The average Bonchev–Trinajstić information content (AvgIpc) is 3.28. The lowest BCUT2D eigenvalue weighted by molar-refractivity contribution is -0.167. The van der Waals surface area contributed by atoms with Crippen molar-refractivity contribution < 1.29 is 28.6 Å². The van der Waals surface area contributed by atoms with Crippen LogP contribution in [0.15, 0.2) is 12.2 Å². The summed E-state index contributed by atoms with van der Waals surface area (Å²) < 4.78 is 16.8. The summed E-state index contributed by atoms with van der Waals surface area (Å²) in [5.74, 6) is -0.857. The smallest absolute Gasteiger partial charge is 0.306 e. The molecule has 0 amide bonds. The first-order valence-electron chi connectivity index (χ1n) is 28.2. The molecule has 0 saturated carbocycles. The minimum absolute atomic E-state index is 0.0678. The molecule has 1 atom stereocenters. The highest BCUT2D eigenvalue weighted by Crippen LogP contribution is 2.17. The quantitative estimate of drug-likeness (QED) is 0.0262. The lowest BCUT2D eigenvalue weighted by Crippen LogP contribution is -2.30. The molecule has 0 rings (SSSR count). The Hall–Kier alpha value is -1.85. The molecule has 0 aliphatic heterocycles. The molecule has 0 aromatic carbocycles. The van der Waals surface area contributed by atoms with E-state index >= 15 is 0 Å². The van der Waals surface area contributed by atoms with E-state index in [0.29, 0.717) is 19.3 Å². The normalized spacial score (nSPS) is 12.0. The predicted octanol–water partition coefficient (Wildman–Crippen LogP) is 18.5. The van der Waals surface area contributed by atoms with Crippen LogP contribution in [0.2, 0.25) is 0 Å². The maximum absolute atomic E-state index is 12.8. The lowest BCUT2D eigenvalue weighted by atomic mass is 10.0. The van der Waals surface area contributed by atoms with Gasteiger partial charge in [0.2, 0.25) is 0 Å². The van der Waals surface area contributed by atoms with Crippen molar-refractivity contribution in [1.82, 2.24) is 0 Å². The Morgan fingerprint density at radius 1 is 0.302 bits per heavy atom. The van der Waals surface area contributed by atoms with E-state index in [0.717, 1.165) is 64.2 Å². The SMILES string of the molecule is CCCCCCCC/C=C\CCCCCCCC(=O)OC(COC(=O)CCCCCCCCCCCC)COC(=O)CCCCCCCCCCCCCCCCCCCCCC. The molecule has 1 unspecified atom stereocenters. The number of hydrogen-bond acceptors (Lipinski definition) is 6. The van der Waals surface area contributed by atoms with E-state index in [1.54, 1.807) is 0 Å². The molecule has 0 aromatic rings. The summed E-state index contributed by atoms with van der Waals surface area (Å²) in [5, 5.41) is 0. The summed E-state index contributed by atoms with van der Waals surface area (Å²) in [6.07, 6.45) is 59.2. The van der Waals surface area contributed by atoms with Crippen LogP contribution < -0.4 is 0 Å². The summed E-state index contributed by atoms with van der Waals surface area (Å²) in [4.78, 5) is 38.0. The maximum atomic E-state index is 12.8. The molecule has 0 heterocycles. The topological polar surface area (TPSA) is 78.9 Å². The van der Waals surface area contributed by atoms with E-state index in [-0.39, 0.29) is 31.1 Å². The van der Waals surface area contributed by atoms with Crippen LogP contribution in [0.4, 0.5) is 0 Å². The van der Waals surface area contributed by atoms with Crippen LogP contribution in [0.3, 0.4) is 0 Å². The number of ether oxygens (including phenoxy) is 3. The van der Waals surface area contributed by atoms with Crippen LogP contribution in [0.5, 0.6) is 0 Å². The number of carbonyl (C=O) groups is 3. The van der Waals surface area contributed by atoms with Gasteiger partial charge in [-0.25, -0.2) is 0 Å². The Labute approximate surface area is 392 Å². The van der Waals surface area contributed by atoms with Crippen LogP contribution in [0, 0.1) is 0 Å². The molecule has 0 aromatic heterocycles. The molecule has 0 spiro atoms. The number of esters is 3. The van der Waals surface area contributed by atoms with Gasteiger partial charge in [-0.1, -0.05) is 264 Å². The Balaban J connectivity index is 4.24. The van der Waals surface area contributed by atoms with E-state index in [1.807, 2.05) is 0 Å². The Morgan fingerprint density at radius 2 is 0.524 bits per heavy atom. The predicted molar refractivity (Wildman–Crippen MR) is 270 cm³/mol. The standard InChI is InChI=1S/C57H108O6/c1-4-7-10-13-16-19-22-24-26-27-28-29-30-32-33-35-38-41-44-47-50-56(59)62-53-54(52-61-55(58)49-46-43-40-37-21-18-15-12-9-6-3)63-57(60)51-48-45-42-39-36-34-31-25-23-20-17-14-11-8-5-2/h25,31,54H,4-24,26-30,32-53H2,1-3H3/b31-25-. The van der Waals surface area contributed by atoms with E-state index in [9.17, 15) is 14.4 Å². The lowest BCUT2D eigenvalue weighted by Gasteiger charge is -2.18. The third-order valence-corrected chi connectivity index (χ3v) is 12.8. The van der Waals surface area contributed by atoms with Crippen molar-refractivity contribution in [1.29, 1.82) is 0 Å². The van der Waals surface area contributed by atoms with Gasteiger partial charge in [0.25, 0.3) is 0 Å². The third kappa shape index (κ3) is 51.0. The van der Waals surface area contributed by atoms with Crippen molar-refractivity contribution >= 4 is 17.9 Å². The van der Waals surface area contributed by atoms with E-state index < -0.39 is 6.10 Å². The van der Waals surface area contributed by atoms with Gasteiger partial charge in [-0.05, 0) is 44.9 Å². The average molecular weight is 889 g/mol. The summed E-state index contributed by atoms with van der Waals surface area (Å²) in [5.41, 5.74) is 0. The Kier molecular flexibility index (Phi) is 51.2. The first-order valence-corrected chi connectivity index (χ1v) is 28.2. The summed E-state index contributed by atoms with van der Waals surface area (Å²) in [6, 6.07) is 0. The molecule has 0 aliphatic rings. The molecule has 372 valence electrons. The summed E-state index contributed by atoms with van der Waals surface area (Å²) >= 11 is 0. The molecule has 0 saturated heterocycles. The fourth-order valence-corrected chi connectivity index (χ4v) is 8.50. The second-order valence-electron chi connectivity index (χ2n) is 19.2. The van der Waals surface area contributed by atoms with Crippen molar-refractivity contribution in [3.05, 3.63) is 12.2 Å². The van der Waals surface area contributed by atoms with E-state index in [2.05, 4.69) is 32.9 Å². The van der Waals surface area contributed by atoms with Crippen molar-refractivity contribution in [2.45, 2.75) is 322 Å². The van der Waals surface area contributed by atoms with Crippen LogP contribution in [0.25, 0.3) is 0 Å². The van der Waals surface area contributed by atoms with Gasteiger partial charge in [0.1, 0.15) is 13.2 Å². The van der Waals surface area contributed by atoms with E-state index in [1.165, 1.54) is 212 Å². The Bertz CT molecular complexity index is 978. The van der Waals surface area contributed by atoms with Gasteiger partial charge in [0.05, 0.1) is 0 Å². The van der Waals surface area contributed by atoms with Gasteiger partial charge < -0.3 is 14.2 Å². The zero-order valence-corrected chi connectivity index (χ0v) is 42.6. The van der Waals surface area contributed by atoms with Crippen molar-refractivity contribution in [3.8, 4) is 0 Å². The van der Waals surface area contributed by atoms with Crippen molar-refractivity contribution in [2.75, 3.05) is 13.2 Å². The summed E-state index contributed by atoms with van der Waals surface area (Å²) in [6.45, 7) is 6.66. The van der Waals surface area contributed by atoms with Gasteiger partial charge in [0.15, 0.2) is 6.10 Å². The van der Waals surface area contributed by atoms with Crippen LogP contribution >= 0.6 is 0 Å². The molecular formula is C57H108O6. The molecule has 0 radical (unpaired) electrons. The highest BCUT2D eigenvalue weighted by molar-refractivity contribution is 5.71. The number of carbonyl (C=O) groups excluding carboxylic acids is 3. The fraction of sp³-hybridized carbons (Fsp3) is 0.912. The van der Waals surface area contributed by atoms with E-state index in [4.69, 9.17) is 14.2 Å². The van der Waals surface area contributed by atoms with Gasteiger partial charge in [-0.15, -0.1) is 0 Å². The highest BCUT2D eigenvalue weighted by Gasteiger charge is 2.19. The molecule has 6 heteroatoms. The molecule has 0 fully saturated rings. The largest absolute Gasteiger partial charge is 0.462 e. The molecule has 0 N–H and O–H groups in total. The minimum atomic E-state index is -0.767. The number of hydrogen-bond donors (Lipinski definition) is 0. The van der Waals surface area contributed by atoms with Gasteiger partial charge in [-0.2, -0.15) is 0 Å². The zero-order chi connectivity index (χ0) is 45.8. The first-order chi connectivity index (χ1) is 31.0. The third-order valence-electron chi connectivity index (χ3n) is 12.8. The van der Waals surface area contributed by atoms with Crippen molar-refractivity contribution in [2.24, 2.45) is 0 Å². The van der Waals surface area contributed by atoms with Gasteiger partial charge in [-0.3, -0.25) is 14.4 Å². The molecular weight excluding hydrogens is 781 g/mol. The molecule has 63 heavy (non-hydrogen) atoms. The highest BCUT2D eigenvalue weighted by atomic mass is 16.6. The number of rotatable bonds is 52. The summed E-state index contributed by atoms with van der Waals surface area (Å²) in [7, 11) is 0. The Morgan fingerprint density at radius 3 is 0.794 bits per heavy atom. The molecule has 0 bridgehead atoms. The second kappa shape index (κ2) is 52.8. The van der Waals surface area contributed by atoms with Gasteiger partial charge in [0, 0.05) is 19.3 Å². The zero-order valence-electron chi connectivity index (χ0n) is 42.6. The molecule has 0 aliphatic carbocycles. The van der Waals surface area contributed by atoms with Crippen LogP contribution in [0.1, 0.15) is 316 Å². The first kappa shape index (κ1) is 61.1. The van der Waals surface area contributed by atoms with Crippen molar-refractivity contribution in [3.63, 3.8) is 0 Å². The van der Waals surface area contributed by atoms with Crippen LogP contribution in [-0.4, -0.2) is 37.2 Å². The molecule has 6 nitrogen and oxygen atoms in total. The van der Waals surface area contributed by atoms with Gasteiger partial charge >= 0.3 is 17.9 Å². The second-order valence-corrected chi connectivity index (χ2v) is 19.2. The minimum Gasteiger partial charge on any atom is -0.462 e. The monoisotopic (exact) mass is 889 g/mol.